The fourth-order valence-electron chi connectivity index (χ4n) is 2.85. The zero-order valence-electron chi connectivity index (χ0n) is 12.3. The van der Waals surface area contributed by atoms with Crippen molar-refractivity contribution in [3.8, 4) is 0 Å². The van der Waals surface area contributed by atoms with Crippen molar-refractivity contribution in [2.45, 2.75) is 24.5 Å². The molecule has 0 aromatic heterocycles. The lowest BCUT2D eigenvalue weighted by molar-refractivity contribution is 0.130. The standard InChI is InChI=1S/C15H22FNO3S/c1-20-10-9-17-7-5-12(6-8-17)14-4-2-3-13(15(14)16)11-21(18)19/h2-4,12H,5-11H2,1H3,(H,18,19). The Kier molecular flexibility index (Phi) is 6.29. The molecule has 0 aliphatic carbocycles. The van der Waals surface area contributed by atoms with Gasteiger partial charge in [-0.3, -0.25) is 0 Å². The minimum atomic E-state index is -2.01. The zero-order chi connectivity index (χ0) is 15.2. The van der Waals surface area contributed by atoms with Crippen molar-refractivity contribution in [2.75, 3.05) is 33.4 Å². The molecular formula is C15H22FNO3S. The Balaban J connectivity index is 2.01. The highest BCUT2D eigenvalue weighted by Crippen LogP contribution is 2.31. The van der Waals surface area contributed by atoms with Gasteiger partial charge in [0.2, 0.25) is 0 Å². The number of hydrogen-bond donors (Lipinski definition) is 1. The molecule has 1 heterocycles. The number of likely N-dealkylation sites (tertiary alicyclic amines) is 1. The summed E-state index contributed by atoms with van der Waals surface area (Å²) in [6, 6.07) is 5.16. The first kappa shape index (κ1) is 16.5. The summed E-state index contributed by atoms with van der Waals surface area (Å²) >= 11 is -2.01. The molecule has 1 aromatic rings. The zero-order valence-corrected chi connectivity index (χ0v) is 13.1. The SMILES string of the molecule is COCCN1CCC(c2cccc(CS(=O)O)c2F)CC1. The van der Waals surface area contributed by atoms with Crippen molar-refractivity contribution in [3.63, 3.8) is 0 Å². The van der Waals surface area contributed by atoms with Crippen LogP contribution in [0.5, 0.6) is 0 Å². The molecule has 1 aliphatic rings. The smallest absolute Gasteiger partial charge is 0.157 e. The van der Waals surface area contributed by atoms with E-state index in [1.807, 2.05) is 0 Å². The van der Waals surface area contributed by atoms with E-state index < -0.39 is 11.1 Å². The highest BCUT2D eigenvalue weighted by atomic mass is 32.2. The lowest BCUT2D eigenvalue weighted by Gasteiger charge is -2.32. The second-order valence-corrected chi connectivity index (χ2v) is 6.33. The molecule has 1 unspecified atom stereocenters. The molecule has 2 rings (SSSR count). The molecule has 0 radical (unpaired) electrons. The van der Waals surface area contributed by atoms with E-state index in [-0.39, 0.29) is 17.5 Å². The van der Waals surface area contributed by atoms with Crippen molar-refractivity contribution < 1.29 is 17.9 Å². The van der Waals surface area contributed by atoms with E-state index in [1.165, 1.54) is 0 Å². The third kappa shape index (κ3) is 4.57. The molecule has 21 heavy (non-hydrogen) atoms. The van der Waals surface area contributed by atoms with Gasteiger partial charge < -0.3 is 14.2 Å². The van der Waals surface area contributed by atoms with Crippen LogP contribution in [0.1, 0.15) is 29.9 Å². The van der Waals surface area contributed by atoms with Gasteiger partial charge in [-0.2, -0.15) is 0 Å². The molecule has 1 aliphatic heterocycles. The van der Waals surface area contributed by atoms with Crippen LogP contribution in [0, 0.1) is 5.82 Å². The van der Waals surface area contributed by atoms with Crippen molar-refractivity contribution in [2.24, 2.45) is 0 Å². The fourth-order valence-corrected chi connectivity index (χ4v) is 3.34. The minimum Gasteiger partial charge on any atom is -0.383 e. The summed E-state index contributed by atoms with van der Waals surface area (Å²) in [5, 5.41) is 0. The van der Waals surface area contributed by atoms with Gasteiger partial charge in [-0.05, 0) is 37.4 Å². The molecule has 1 aromatic carbocycles. The van der Waals surface area contributed by atoms with Crippen molar-refractivity contribution >= 4 is 11.1 Å². The van der Waals surface area contributed by atoms with Crippen molar-refractivity contribution in [1.29, 1.82) is 0 Å². The molecule has 0 amide bonds. The number of methoxy groups -OCH3 is 1. The van der Waals surface area contributed by atoms with E-state index >= 15 is 0 Å². The van der Waals surface area contributed by atoms with Crippen LogP contribution in [0.25, 0.3) is 0 Å². The van der Waals surface area contributed by atoms with Crippen LogP contribution in [-0.4, -0.2) is 47.0 Å². The van der Waals surface area contributed by atoms with Gasteiger partial charge >= 0.3 is 0 Å². The predicted octanol–water partition coefficient (Wildman–Crippen LogP) is 2.37. The molecule has 118 valence electrons. The molecular weight excluding hydrogens is 293 g/mol. The third-order valence-corrected chi connectivity index (χ3v) is 4.58. The number of benzene rings is 1. The van der Waals surface area contributed by atoms with E-state index in [1.54, 1.807) is 25.3 Å². The Morgan fingerprint density at radius 1 is 1.43 bits per heavy atom. The molecule has 6 heteroatoms. The van der Waals surface area contributed by atoms with Crippen LogP contribution in [-0.2, 0) is 21.6 Å². The average molecular weight is 315 g/mol. The van der Waals surface area contributed by atoms with Crippen molar-refractivity contribution in [3.05, 3.63) is 35.1 Å². The second kappa shape index (κ2) is 7.98. The van der Waals surface area contributed by atoms with Crippen molar-refractivity contribution in [1.82, 2.24) is 4.90 Å². The van der Waals surface area contributed by atoms with E-state index in [0.29, 0.717) is 11.1 Å². The minimum absolute atomic E-state index is 0.146. The highest BCUT2D eigenvalue weighted by molar-refractivity contribution is 7.78. The first-order valence-corrected chi connectivity index (χ1v) is 8.45. The Morgan fingerprint density at radius 2 is 2.14 bits per heavy atom. The van der Waals surface area contributed by atoms with E-state index in [4.69, 9.17) is 9.29 Å². The first-order valence-electron chi connectivity index (χ1n) is 7.18. The van der Waals surface area contributed by atoms with Crippen LogP contribution in [0.3, 0.4) is 0 Å². The number of rotatable bonds is 6. The van der Waals surface area contributed by atoms with Gasteiger partial charge in [0.1, 0.15) is 5.82 Å². The van der Waals surface area contributed by atoms with Gasteiger partial charge in [0.15, 0.2) is 11.1 Å². The van der Waals surface area contributed by atoms with E-state index in [2.05, 4.69) is 4.90 Å². The topological polar surface area (TPSA) is 49.8 Å². The molecule has 4 nitrogen and oxygen atoms in total. The summed E-state index contributed by atoms with van der Waals surface area (Å²) in [5.74, 6) is -0.266. The lowest BCUT2D eigenvalue weighted by Crippen LogP contribution is -2.35. The predicted molar refractivity (Wildman–Crippen MR) is 81.2 cm³/mol. The number of hydrogen-bond acceptors (Lipinski definition) is 3. The van der Waals surface area contributed by atoms with Crippen LogP contribution >= 0.6 is 0 Å². The molecule has 1 atom stereocenters. The summed E-state index contributed by atoms with van der Waals surface area (Å²) < 4.78 is 39.3. The molecule has 0 bridgehead atoms. The summed E-state index contributed by atoms with van der Waals surface area (Å²) in [4.78, 5) is 2.32. The summed E-state index contributed by atoms with van der Waals surface area (Å²) in [7, 11) is 1.69. The maximum Gasteiger partial charge on any atom is 0.157 e. The van der Waals surface area contributed by atoms with Gasteiger partial charge in [0.05, 0.1) is 12.4 Å². The molecule has 1 fully saturated rings. The van der Waals surface area contributed by atoms with Crippen LogP contribution < -0.4 is 0 Å². The first-order chi connectivity index (χ1) is 10.1. The highest BCUT2D eigenvalue weighted by Gasteiger charge is 2.23. The third-order valence-electron chi connectivity index (χ3n) is 4.03. The number of nitrogens with zero attached hydrogens (tertiary/aromatic N) is 1. The Bertz CT molecular complexity index is 490. The molecule has 1 N–H and O–H groups in total. The Hall–Kier alpha value is -0.820. The van der Waals surface area contributed by atoms with Gasteiger partial charge in [0, 0.05) is 19.2 Å². The molecule has 0 spiro atoms. The second-order valence-electron chi connectivity index (χ2n) is 5.39. The average Bonchev–Trinajstić information content (AvgIpc) is 2.47. The fraction of sp³-hybridized carbons (Fsp3) is 0.600. The summed E-state index contributed by atoms with van der Waals surface area (Å²) in [5.41, 5.74) is 1.01. The van der Waals surface area contributed by atoms with E-state index in [9.17, 15) is 8.60 Å². The van der Waals surface area contributed by atoms with Gasteiger partial charge in [-0.25, -0.2) is 8.60 Å². The summed E-state index contributed by atoms with van der Waals surface area (Å²) in [6.45, 7) is 3.50. The Morgan fingerprint density at radius 3 is 2.76 bits per heavy atom. The van der Waals surface area contributed by atoms with E-state index in [0.717, 1.165) is 39.1 Å². The monoisotopic (exact) mass is 315 g/mol. The van der Waals surface area contributed by atoms with Crippen LogP contribution in [0.2, 0.25) is 0 Å². The maximum absolute atomic E-state index is 14.4. The largest absolute Gasteiger partial charge is 0.383 e. The summed E-state index contributed by atoms with van der Waals surface area (Å²) in [6.07, 6.45) is 1.82. The van der Waals surface area contributed by atoms with Gasteiger partial charge in [0.25, 0.3) is 0 Å². The molecule has 0 saturated carbocycles. The number of piperidine rings is 1. The Labute approximate surface area is 127 Å². The van der Waals surface area contributed by atoms with Crippen LogP contribution in [0.15, 0.2) is 18.2 Å². The number of halogens is 1. The van der Waals surface area contributed by atoms with Crippen LogP contribution in [0.4, 0.5) is 4.39 Å². The normalized spacial score (nSPS) is 18.8. The van der Waals surface area contributed by atoms with Gasteiger partial charge in [-0.1, -0.05) is 18.2 Å². The number of ether oxygens (including phenoxy) is 1. The lowest BCUT2D eigenvalue weighted by atomic mass is 9.88. The van der Waals surface area contributed by atoms with Gasteiger partial charge in [-0.15, -0.1) is 0 Å². The molecule has 1 saturated heterocycles. The maximum atomic E-state index is 14.4. The quantitative estimate of drug-likeness (QED) is 0.819.